The monoisotopic (exact) mass is 527 g/mol. The van der Waals surface area contributed by atoms with E-state index < -0.39 is 28.5 Å². The van der Waals surface area contributed by atoms with Crippen LogP contribution < -0.4 is 9.62 Å². The molecule has 2 amide bonds. The Balaban J connectivity index is 2.41. The number of carbonyl (C=O) groups is 2. The Labute approximate surface area is 212 Å². The van der Waals surface area contributed by atoms with Crippen LogP contribution in [-0.4, -0.2) is 50.0 Å². The van der Waals surface area contributed by atoms with Crippen molar-refractivity contribution in [1.82, 2.24) is 10.2 Å². The van der Waals surface area contributed by atoms with E-state index in [9.17, 15) is 18.0 Å². The molecule has 0 heterocycles. The Morgan fingerprint density at radius 3 is 1.94 bits per heavy atom. The van der Waals surface area contributed by atoms with E-state index in [0.29, 0.717) is 22.2 Å². The predicted molar refractivity (Wildman–Crippen MR) is 138 cm³/mol. The van der Waals surface area contributed by atoms with Gasteiger partial charge in [0, 0.05) is 22.6 Å². The summed E-state index contributed by atoms with van der Waals surface area (Å²) < 4.78 is 26.1. The molecular weight excluding hydrogens is 497 g/mol. The molecule has 0 aliphatic heterocycles. The zero-order valence-electron chi connectivity index (χ0n) is 19.8. The molecule has 0 saturated heterocycles. The molecule has 2 rings (SSSR count). The third-order valence-corrected chi connectivity index (χ3v) is 7.09. The minimum Gasteiger partial charge on any atom is -0.352 e. The molecule has 34 heavy (non-hydrogen) atoms. The third-order valence-electron chi connectivity index (χ3n) is 5.45. The zero-order chi connectivity index (χ0) is 25.5. The lowest BCUT2D eigenvalue weighted by Gasteiger charge is -2.33. The highest BCUT2D eigenvalue weighted by molar-refractivity contribution is 7.92. The van der Waals surface area contributed by atoms with Crippen molar-refractivity contribution in [2.45, 2.75) is 52.2 Å². The largest absolute Gasteiger partial charge is 0.352 e. The number of sulfonamides is 1. The first-order valence-electron chi connectivity index (χ1n) is 11.0. The van der Waals surface area contributed by atoms with Crippen molar-refractivity contribution in [3.05, 3.63) is 64.1 Å². The zero-order valence-corrected chi connectivity index (χ0v) is 22.1. The van der Waals surface area contributed by atoms with E-state index in [1.54, 1.807) is 36.4 Å². The number of amides is 2. The van der Waals surface area contributed by atoms with Crippen molar-refractivity contribution in [2.24, 2.45) is 0 Å². The standard InChI is InChI=1S/C24H31Cl2N3O4S/c1-5-17(3)27-24(31)22(6-2)28(15-18-7-9-19(25)10-8-18)23(30)16-29(34(4,32)33)21-13-11-20(26)12-14-21/h7-14,17,22H,5-6,15-16H2,1-4H3,(H,27,31)/t17-,22+/m1/s1. The lowest BCUT2D eigenvalue weighted by molar-refractivity contribution is -0.140. The number of carbonyl (C=O) groups excluding carboxylic acids is 2. The van der Waals surface area contributed by atoms with E-state index in [-0.39, 0.29) is 18.5 Å². The van der Waals surface area contributed by atoms with Crippen LogP contribution in [0.5, 0.6) is 0 Å². The van der Waals surface area contributed by atoms with Gasteiger partial charge >= 0.3 is 0 Å². The predicted octanol–water partition coefficient (Wildman–Crippen LogP) is 4.48. The minimum absolute atomic E-state index is 0.0596. The number of nitrogens with one attached hydrogen (secondary N) is 1. The average Bonchev–Trinajstić information content (AvgIpc) is 2.78. The smallest absolute Gasteiger partial charge is 0.244 e. The number of nitrogens with zero attached hydrogens (tertiary/aromatic N) is 2. The number of benzene rings is 2. The van der Waals surface area contributed by atoms with Gasteiger partial charge in [0.2, 0.25) is 21.8 Å². The fourth-order valence-corrected chi connectivity index (χ4v) is 4.47. The van der Waals surface area contributed by atoms with Gasteiger partial charge in [-0.2, -0.15) is 0 Å². The van der Waals surface area contributed by atoms with Gasteiger partial charge in [0.1, 0.15) is 12.6 Å². The number of hydrogen-bond acceptors (Lipinski definition) is 4. The van der Waals surface area contributed by atoms with E-state index in [4.69, 9.17) is 23.2 Å². The Morgan fingerprint density at radius 2 is 1.47 bits per heavy atom. The van der Waals surface area contributed by atoms with Gasteiger partial charge < -0.3 is 10.2 Å². The molecular formula is C24H31Cl2N3O4S. The minimum atomic E-state index is -3.79. The van der Waals surface area contributed by atoms with Crippen LogP contribution >= 0.6 is 23.2 Å². The molecule has 0 bridgehead atoms. The second-order valence-electron chi connectivity index (χ2n) is 8.14. The van der Waals surface area contributed by atoms with Crippen LogP contribution in [0.4, 0.5) is 5.69 Å². The number of hydrogen-bond donors (Lipinski definition) is 1. The van der Waals surface area contributed by atoms with E-state index in [2.05, 4.69) is 5.32 Å². The molecule has 0 aliphatic carbocycles. The van der Waals surface area contributed by atoms with Crippen LogP contribution in [0.25, 0.3) is 0 Å². The first-order valence-corrected chi connectivity index (χ1v) is 13.6. The van der Waals surface area contributed by atoms with Crippen LogP contribution in [0, 0.1) is 0 Å². The van der Waals surface area contributed by atoms with Gasteiger partial charge in [-0.3, -0.25) is 13.9 Å². The Bertz CT molecular complexity index is 1080. The summed E-state index contributed by atoms with van der Waals surface area (Å²) in [7, 11) is -3.79. The summed E-state index contributed by atoms with van der Waals surface area (Å²) in [4.78, 5) is 28.0. The topological polar surface area (TPSA) is 86.8 Å². The molecule has 0 fully saturated rings. The van der Waals surface area contributed by atoms with Gasteiger partial charge in [0.05, 0.1) is 11.9 Å². The van der Waals surface area contributed by atoms with Gasteiger partial charge in [-0.1, -0.05) is 49.2 Å². The Morgan fingerprint density at radius 1 is 0.941 bits per heavy atom. The van der Waals surface area contributed by atoms with Crippen LogP contribution in [-0.2, 0) is 26.2 Å². The quantitative estimate of drug-likeness (QED) is 0.466. The highest BCUT2D eigenvalue weighted by Gasteiger charge is 2.32. The summed E-state index contributed by atoms with van der Waals surface area (Å²) in [5.41, 5.74) is 1.08. The number of rotatable bonds is 11. The molecule has 7 nitrogen and oxygen atoms in total. The lowest BCUT2D eigenvalue weighted by atomic mass is 10.1. The summed E-state index contributed by atoms with van der Waals surface area (Å²) in [5, 5.41) is 3.93. The third kappa shape index (κ3) is 7.89. The molecule has 0 spiro atoms. The van der Waals surface area contributed by atoms with Crippen molar-refractivity contribution in [1.29, 1.82) is 0 Å². The fourth-order valence-electron chi connectivity index (χ4n) is 3.37. The van der Waals surface area contributed by atoms with E-state index >= 15 is 0 Å². The maximum Gasteiger partial charge on any atom is 0.244 e. The van der Waals surface area contributed by atoms with Gasteiger partial charge in [0.25, 0.3) is 0 Å². The second-order valence-corrected chi connectivity index (χ2v) is 10.9. The first kappa shape index (κ1) is 28.0. The van der Waals surface area contributed by atoms with Gasteiger partial charge in [0.15, 0.2) is 0 Å². The summed E-state index contributed by atoms with van der Waals surface area (Å²) in [6.45, 7) is 5.33. The van der Waals surface area contributed by atoms with Gasteiger partial charge in [-0.25, -0.2) is 8.42 Å². The van der Waals surface area contributed by atoms with Gasteiger partial charge in [-0.15, -0.1) is 0 Å². The van der Waals surface area contributed by atoms with Crippen LogP contribution in [0.3, 0.4) is 0 Å². The van der Waals surface area contributed by atoms with Crippen molar-refractivity contribution < 1.29 is 18.0 Å². The molecule has 0 saturated carbocycles. The fraction of sp³-hybridized carbons (Fsp3) is 0.417. The summed E-state index contributed by atoms with van der Waals surface area (Å²) in [6, 6.07) is 12.3. The van der Waals surface area contributed by atoms with Crippen molar-refractivity contribution in [2.75, 3.05) is 17.1 Å². The summed E-state index contributed by atoms with van der Waals surface area (Å²) in [6.07, 6.45) is 2.14. The van der Waals surface area contributed by atoms with Crippen molar-refractivity contribution in [3.63, 3.8) is 0 Å². The number of anilines is 1. The highest BCUT2D eigenvalue weighted by Crippen LogP contribution is 2.22. The van der Waals surface area contributed by atoms with E-state index in [0.717, 1.165) is 22.5 Å². The van der Waals surface area contributed by atoms with Crippen LogP contribution in [0.2, 0.25) is 10.0 Å². The highest BCUT2D eigenvalue weighted by atomic mass is 35.5. The van der Waals surface area contributed by atoms with Gasteiger partial charge in [-0.05, 0) is 61.7 Å². The molecule has 2 aromatic rings. The molecule has 0 unspecified atom stereocenters. The molecule has 0 aromatic heterocycles. The van der Waals surface area contributed by atoms with E-state index in [1.807, 2.05) is 20.8 Å². The summed E-state index contributed by atoms with van der Waals surface area (Å²) >= 11 is 11.9. The SMILES string of the molecule is CC[C@@H](C)NC(=O)[C@H](CC)N(Cc1ccc(Cl)cc1)C(=O)CN(c1ccc(Cl)cc1)S(C)(=O)=O. The molecule has 1 N–H and O–H groups in total. The van der Waals surface area contributed by atoms with Crippen LogP contribution in [0.1, 0.15) is 39.2 Å². The maximum atomic E-state index is 13.6. The first-order chi connectivity index (χ1) is 16.0. The number of halogens is 2. The van der Waals surface area contributed by atoms with Crippen molar-refractivity contribution >= 4 is 50.7 Å². The van der Waals surface area contributed by atoms with Crippen LogP contribution in [0.15, 0.2) is 48.5 Å². The molecule has 0 radical (unpaired) electrons. The Hall–Kier alpha value is -2.29. The molecule has 2 atom stereocenters. The normalized spacial score (nSPS) is 13.1. The summed E-state index contributed by atoms with van der Waals surface area (Å²) in [5.74, 6) is -0.780. The van der Waals surface area contributed by atoms with Crippen molar-refractivity contribution in [3.8, 4) is 0 Å². The average molecular weight is 529 g/mol. The molecule has 0 aliphatic rings. The molecule has 2 aromatic carbocycles. The second kappa shape index (κ2) is 12.4. The molecule has 186 valence electrons. The van der Waals surface area contributed by atoms with E-state index in [1.165, 1.54) is 17.0 Å². The lowest BCUT2D eigenvalue weighted by Crippen LogP contribution is -2.53. The molecule has 10 heteroatoms. The maximum absolute atomic E-state index is 13.6. The Kier molecular flexibility index (Phi) is 10.2.